The lowest BCUT2D eigenvalue weighted by Crippen LogP contribution is -2.12. The van der Waals surface area contributed by atoms with Gasteiger partial charge in [-0.05, 0) is 5.92 Å². The summed E-state index contributed by atoms with van der Waals surface area (Å²) in [6.07, 6.45) is 0.734. The van der Waals surface area contributed by atoms with Gasteiger partial charge in [-0.3, -0.25) is 9.80 Å². The van der Waals surface area contributed by atoms with Crippen LogP contribution in [0.15, 0.2) is 10.3 Å². The Morgan fingerprint density at radius 3 is 2.65 bits per heavy atom. The molecule has 17 heavy (non-hydrogen) atoms. The molecule has 7 nitrogen and oxygen atoms in total. The number of H-pyrrole nitrogens is 1. The van der Waals surface area contributed by atoms with Crippen LogP contribution >= 0.6 is 0 Å². The van der Waals surface area contributed by atoms with Crippen LogP contribution in [0.2, 0.25) is 0 Å². The molecule has 0 saturated heterocycles. The fourth-order valence-electron chi connectivity index (χ4n) is 1.27. The predicted molar refractivity (Wildman–Crippen MR) is 63.9 cm³/mol. The van der Waals surface area contributed by atoms with Gasteiger partial charge in [-0.25, -0.2) is 4.98 Å². The molecular formula is C10H18N6O. The van der Waals surface area contributed by atoms with Crippen LogP contribution in [0.5, 0.6) is 0 Å². The first-order valence-electron chi connectivity index (χ1n) is 5.37. The zero-order valence-electron chi connectivity index (χ0n) is 10.6. The van der Waals surface area contributed by atoms with Crippen molar-refractivity contribution in [3.05, 3.63) is 11.5 Å². The van der Waals surface area contributed by atoms with E-state index in [1.54, 1.807) is 14.1 Å². The Morgan fingerprint density at radius 2 is 2.18 bits per heavy atom. The Labute approximate surface area is 100 Å². The van der Waals surface area contributed by atoms with E-state index in [9.17, 15) is 4.79 Å². The fraction of sp³-hybridized carbons (Fsp3) is 0.600. The van der Waals surface area contributed by atoms with Gasteiger partial charge in [0.25, 0.3) is 5.91 Å². The molecule has 1 heterocycles. The zero-order chi connectivity index (χ0) is 13.0. The topological polar surface area (TPSA) is 99.7 Å². The van der Waals surface area contributed by atoms with Crippen LogP contribution in [-0.4, -0.2) is 35.0 Å². The molecule has 0 aliphatic carbocycles. The minimum absolute atomic E-state index is 0.200. The molecule has 0 radical (unpaired) electrons. The summed E-state index contributed by atoms with van der Waals surface area (Å²) in [5.41, 5.74) is 5.44. The average Bonchev–Trinajstić information content (AvgIpc) is 2.57. The van der Waals surface area contributed by atoms with Crippen molar-refractivity contribution >= 4 is 11.7 Å². The molecule has 1 rings (SSSR count). The SMILES string of the molecule is CC(C)Cc1nc(/N=N/N(C)C)c(C(N)=O)[nH]1. The number of nitrogens with two attached hydrogens (primary N) is 1. The summed E-state index contributed by atoms with van der Waals surface area (Å²) in [5.74, 6) is 0.782. The van der Waals surface area contributed by atoms with Crippen LogP contribution in [0.25, 0.3) is 0 Å². The molecule has 0 aromatic carbocycles. The lowest BCUT2D eigenvalue weighted by molar-refractivity contribution is 0.0996. The fourth-order valence-corrected chi connectivity index (χ4v) is 1.27. The largest absolute Gasteiger partial charge is 0.364 e. The van der Waals surface area contributed by atoms with Crippen molar-refractivity contribution in [1.29, 1.82) is 0 Å². The van der Waals surface area contributed by atoms with Crippen molar-refractivity contribution in [1.82, 2.24) is 15.0 Å². The molecule has 0 aliphatic heterocycles. The van der Waals surface area contributed by atoms with E-state index in [4.69, 9.17) is 5.73 Å². The first-order chi connectivity index (χ1) is 7.90. The number of primary amides is 1. The smallest absolute Gasteiger partial charge is 0.269 e. The minimum atomic E-state index is -0.583. The van der Waals surface area contributed by atoms with Crippen LogP contribution in [0.4, 0.5) is 5.82 Å². The summed E-state index contributed by atoms with van der Waals surface area (Å²) < 4.78 is 0. The van der Waals surface area contributed by atoms with E-state index in [1.807, 2.05) is 0 Å². The lowest BCUT2D eigenvalue weighted by atomic mass is 10.1. The normalized spacial score (nSPS) is 11.4. The third-order valence-corrected chi connectivity index (χ3v) is 1.90. The van der Waals surface area contributed by atoms with Gasteiger partial charge in [0, 0.05) is 20.5 Å². The van der Waals surface area contributed by atoms with E-state index in [0.717, 1.165) is 6.42 Å². The monoisotopic (exact) mass is 238 g/mol. The summed E-state index contributed by atoms with van der Waals surface area (Å²) >= 11 is 0. The number of hydrogen-bond acceptors (Lipinski definition) is 4. The highest BCUT2D eigenvalue weighted by Gasteiger charge is 2.15. The van der Waals surface area contributed by atoms with Crippen LogP contribution < -0.4 is 5.73 Å². The Bertz CT molecular complexity index is 420. The zero-order valence-corrected chi connectivity index (χ0v) is 10.6. The van der Waals surface area contributed by atoms with Gasteiger partial charge in [0.05, 0.1) is 0 Å². The van der Waals surface area contributed by atoms with Gasteiger partial charge in [0.15, 0.2) is 5.69 Å². The number of aromatic amines is 1. The third kappa shape index (κ3) is 3.86. The molecule has 0 spiro atoms. The maximum atomic E-state index is 11.2. The third-order valence-electron chi connectivity index (χ3n) is 1.90. The number of rotatable bonds is 5. The van der Waals surface area contributed by atoms with Crippen molar-refractivity contribution in [2.45, 2.75) is 20.3 Å². The number of nitrogens with zero attached hydrogens (tertiary/aromatic N) is 4. The number of carbonyl (C=O) groups is 1. The van der Waals surface area contributed by atoms with Gasteiger partial charge in [-0.15, -0.1) is 5.11 Å². The molecule has 0 fully saturated rings. The average molecular weight is 238 g/mol. The van der Waals surface area contributed by atoms with Crippen molar-refractivity contribution in [2.24, 2.45) is 22.0 Å². The first kappa shape index (κ1) is 13.1. The quantitative estimate of drug-likeness (QED) is 0.596. The molecule has 0 unspecified atom stereocenters. The molecule has 1 amide bonds. The lowest BCUT2D eigenvalue weighted by Gasteiger charge is -1.99. The number of imidazole rings is 1. The summed E-state index contributed by atoms with van der Waals surface area (Å²) in [6, 6.07) is 0. The summed E-state index contributed by atoms with van der Waals surface area (Å²) in [6.45, 7) is 4.13. The van der Waals surface area contributed by atoms with E-state index in [1.165, 1.54) is 5.01 Å². The van der Waals surface area contributed by atoms with Gasteiger partial charge in [0.2, 0.25) is 5.82 Å². The second-order valence-corrected chi connectivity index (χ2v) is 4.38. The highest BCUT2D eigenvalue weighted by atomic mass is 16.1. The highest BCUT2D eigenvalue weighted by molar-refractivity contribution is 5.95. The van der Waals surface area contributed by atoms with E-state index >= 15 is 0 Å². The Hall–Kier alpha value is -1.92. The number of nitrogens with one attached hydrogen (secondary N) is 1. The van der Waals surface area contributed by atoms with E-state index in [0.29, 0.717) is 11.7 Å². The molecule has 1 aromatic heterocycles. The van der Waals surface area contributed by atoms with Gasteiger partial charge in [0.1, 0.15) is 5.82 Å². The molecule has 94 valence electrons. The summed E-state index contributed by atoms with van der Waals surface area (Å²) in [5, 5.41) is 9.18. The minimum Gasteiger partial charge on any atom is -0.364 e. The molecule has 0 atom stereocenters. The van der Waals surface area contributed by atoms with Gasteiger partial charge >= 0.3 is 0 Å². The molecule has 0 aliphatic rings. The molecule has 3 N–H and O–H groups in total. The molecule has 0 saturated carbocycles. The highest BCUT2D eigenvalue weighted by Crippen LogP contribution is 2.18. The molecule has 7 heteroatoms. The van der Waals surface area contributed by atoms with E-state index < -0.39 is 5.91 Å². The van der Waals surface area contributed by atoms with Crippen molar-refractivity contribution in [3.63, 3.8) is 0 Å². The van der Waals surface area contributed by atoms with Crippen LogP contribution in [-0.2, 0) is 6.42 Å². The maximum Gasteiger partial charge on any atom is 0.269 e. The van der Waals surface area contributed by atoms with Crippen LogP contribution in [0.3, 0.4) is 0 Å². The number of carbonyl (C=O) groups excluding carboxylic acids is 1. The van der Waals surface area contributed by atoms with Gasteiger partial charge in [-0.1, -0.05) is 19.1 Å². The van der Waals surface area contributed by atoms with Crippen LogP contribution in [0.1, 0.15) is 30.2 Å². The van der Waals surface area contributed by atoms with Crippen molar-refractivity contribution in [2.75, 3.05) is 14.1 Å². The number of amides is 1. The molecule has 0 bridgehead atoms. The summed E-state index contributed by atoms with van der Waals surface area (Å²) in [4.78, 5) is 18.3. The number of aromatic nitrogens is 2. The molecular weight excluding hydrogens is 220 g/mol. The second-order valence-electron chi connectivity index (χ2n) is 4.38. The van der Waals surface area contributed by atoms with E-state index in [-0.39, 0.29) is 11.5 Å². The first-order valence-corrected chi connectivity index (χ1v) is 5.37. The standard InChI is InChI=1S/C10H18N6O/c1-6(2)5-7-12-8(9(11)17)10(13-7)14-15-16(3)4/h6H,5H2,1-4H3,(H2,11,17)(H,12,13)/b15-14+. The second kappa shape index (κ2) is 5.42. The summed E-state index contributed by atoms with van der Waals surface area (Å²) in [7, 11) is 3.46. The van der Waals surface area contributed by atoms with Gasteiger partial charge in [-0.2, -0.15) is 0 Å². The van der Waals surface area contributed by atoms with E-state index in [2.05, 4.69) is 34.2 Å². The molecule has 1 aromatic rings. The Balaban J connectivity index is 3.01. The van der Waals surface area contributed by atoms with Gasteiger partial charge < -0.3 is 10.7 Å². The maximum absolute atomic E-state index is 11.2. The van der Waals surface area contributed by atoms with Crippen LogP contribution in [0, 0.1) is 5.92 Å². The Kier molecular flexibility index (Phi) is 4.19. The van der Waals surface area contributed by atoms with Crippen molar-refractivity contribution < 1.29 is 4.79 Å². The Morgan fingerprint density at radius 1 is 1.53 bits per heavy atom. The van der Waals surface area contributed by atoms with Crippen molar-refractivity contribution in [3.8, 4) is 0 Å². The number of hydrogen-bond donors (Lipinski definition) is 2. The predicted octanol–water partition coefficient (Wildman–Crippen LogP) is 1.27.